The van der Waals surface area contributed by atoms with Crippen molar-refractivity contribution in [1.82, 2.24) is 14.6 Å². The molecule has 5 heteroatoms. The van der Waals surface area contributed by atoms with Gasteiger partial charge in [0.25, 0.3) is 0 Å². The lowest BCUT2D eigenvalue weighted by Crippen LogP contribution is -2.13. The molecule has 0 bridgehead atoms. The number of nitrogens with zero attached hydrogens (tertiary/aromatic N) is 3. The lowest BCUT2D eigenvalue weighted by Gasteiger charge is -2.10. The van der Waals surface area contributed by atoms with Crippen molar-refractivity contribution in [2.45, 2.75) is 25.4 Å². The first-order valence-corrected chi connectivity index (χ1v) is 6.08. The van der Waals surface area contributed by atoms with Gasteiger partial charge in [0.15, 0.2) is 5.65 Å². The van der Waals surface area contributed by atoms with E-state index < -0.39 is 0 Å². The van der Waals surface area contributed by atoms with Crippen molar-refractivity contribution < 1.29 is 4.74 Å². The molecule has 2 aromatic heterocycles. The first kappa shape index (κ1) is 10.5. The normalized spacial score (nSPS) is 19.9. The van der Waals surface area contributed by atoms with Gasteiger partial charge in [-0.3, -0.25) is 0 Å². The third kappa shape index (κ3) is 2.39. The predicted octanol–water partition coefficient (Wildman–Crippen LogP) is 1.71. The van der Waals surface area contributed by atoms with Gasteiger partial charge in [-0.05, 0) is 25.3 Å². The van der Waals surface area contributed by atoms with E-state index in [1.165, 1.54) is 12.8 Å². The summed E-state index contributed by atoms with van der Waals surface area (Å²) in [6.07, 6.45) is 7.53. The van der Waals surface area contributed by atoms with Crippen molar-refractivity contribution >= 4 is 11.5 Å². The van der Waals surface area contributed by atoms with Crippen molar-refractivity contribution in [2.75, 3.05) is 18.5 Å². The zero-order valence-electron chi connectivity index (χ0n) is 9.67. The molecule has 2 aromatic rings. The molecule has 5 nitrogen and oxygen atoms in total. The highest BCUT2D eigenvalue weighted by atomic mass is 16.5. The number of rotatable bonds is 4. The van der Waals surface area contributed by atoms with E-state index in [1.54, 1.807) is 10.7 Å². The zero-order chi connectivity index (χ0) is 11.5. The molecule has 0 amide bonds. The first-order valence-electron chi connectivity index (χ1n) is 6.08. The van der Waals surface area contributed by atoms with E-state index in [0.717, 1.165) is 31.0 Å². The Morgan fingerprint density at radius 2 is 2.47 bits per heavy atom. The molecular formula is C12H16N4O. The molecule has 0 radical (unpaired) electrons. The van der Waals surface area contributed by atoms with Gasteiger partial charge in [-0.25, -0.2) is 9.50 Å². The topological polar surface area (TPSA) is 51.5 Å². The Labute approximate surface area is 99.8 Å². The van der Waals surface area contributed by atoms with Crippen LogP contribution in [0.4, 0.5) is 5.82 Å². The van der Waals surface area contributed by atoms with E-state index >= 15 is 0 Å². The van der Waals surface area contributed by atoms with Gasteiger partial charge in [-0.15, -0.1) is 0 Å². The Bertz CT molecular complexity index is 490. The summed E-state index contributed by atoms with van der Waals surface area (Å²) in [5.74, 6) is 0.899. The number of hydrogen-bond donors (Lipinski definition) is 1. The fourth-order valence-corrected chi connectivity index (χ4v) is 2.14. The van der Waals surface area contributed by atoms with Gasteiger partial charge in [0.1, 0.15) is 5.82 Å². The highest BCUT2D eigenvalue weighted by Crippen LogP contribution is 2.15. The van der Waals surface area contributed by atoms with E-state index in [2.05, 4.69) is 15.4 Å². The van der Waals surface area contributed by atoms with Crippen LogP contribution in [0.3, 0.4) is 0 Å². The predicted molar refractivity (Wildman–Crippen MR) is 65.1 cm³/mol. The summed E-state index contributed by atoms with van der Waals surface area (Å²) >= 11 is 0. The molecule has 1 N–H and O–H groups in total. The maximum atomic E-state index is 5.57. The molecule has 0 aliphatic carbocycles. The van der Waals surface area contributed by atoms with Crippen LogP contribution in [0.15, 0.2) is 24.5 Å². The van der Waals surface area contributed by atoms with Crippen LogP contribution in [-0.2, 0) is 4.74 Å². The minimum absolute atomic E-state index is 0.432. The fraction of sp³-hybridized carbons (Fsp3) is 0.500. The summed E-state index contributed by atoms with van der Waals surface area (Å²) in [4.78, 5) is 4.45. The summed E-state index contributed by atoms with van der Waals surface area (Å²) in [5.41, 5.74) is 0.868. The van der Waals surface area contributed by atoms with E-state index in [1.807, 2.05) is 18.3 Å². The number of hydrogen-bond acceptors (Lipinski definition) is 4. The van der Waals surface area contributed by atoms with E-state index in [-0.39, 0.29) is 0 Å². The molecule has 1 saturated heterocycles. The van der Waals surface area contributed by atoms with Gasteiger partial charge in [0.2, 0.25) is 0 Å². The molecule has 17 heavy (non-hydrogen) atoms. The molecule has 1 aliphatic rings. The highest BCUT2D eigenvalue weighted by Gasteiger charge is 2.14. The SMILES string of the molecule is c1cc2nc(NCCC3CCCO3)ccn2n1. The maximum absolute atomic E-state index is 5.57. The smallest absolute Gasteiger partial charge is 0.157 e. The van der Waals surface area contributed by atoms with Crippen molar-refractivity contribution in [3.63, 3.8) is 0 Å². The lowest BCUT2D eigenvalue weighted by atomic mass is 10.2. The monoisotopic (exact) mass is 232 g/mol. The van der Waals surface area contributed by atoms with Crippen LogP contribution in [0.5, 0.6) is 0 Å². The molecule has 90 valence electrons. The number of nitrogens with one attached hydrogen (secondary N) is 1. The average Bonchev–Trinajstić information content (AvgIpc) is 2.98. The van der Waals surface area contributed by atoms with Crippen molar-refractivity contribution in [3.8, 4) is 0 Å². The third-order valence-corrected chi connectivity index (χ3v) is 3.05. The molecule has 3 rings (SSSR count). The molecule has 1 unspecified atom stereocenters. The Hall–Kier alpha value is -1.62. The number of ether oxygens (including phenoxy) is 1. The summed E-state index contributed by atoms with van der Waals surface area (Å²) < 4.78 is 7.33. The molecule has 1 fully saturated rings. The second-order valence-corrected chi connectivity index (χ2v) is 4.30. The molecule has 0 spiro atoms. The van der Waals surface area contributed by atoms with Crippen LogP contribution in [0.25, 0.3) is 5.65 Å². The third-order valence-electron chi connectivity index (χ3n) is 3.05. The second-order valence-electron chi connectivity index (χ2n) is 4.30. The molecule has 0 saturated carbocycles. The zero-order valence-corrected chi connectivity index (χ0v) is 9.67. The highest BCUT2D eigenvalue weighted by molar-refractivity contribution is 5.45. The maximum Gasteiger partial charge on any atom is 0.157 e. The minimum atomic E-state index is 0.432. The van der Waals surface area contributed by atoms with Crippen molar-refractivity contribution in [1.29, 1.82) is 0 Å². The summed E-state index contributed by atoms with van der Waals surface area (Å²) in [7, 11) is 0. The molecule has 1 atom stereocenters. The van der Waals surface area contributed by atoms with Crippen LogP contribution in [0.2, 0.25) is 0 Å². The summed E-state index contributed by atoms with van der Waals surface area (Å²) in [5, 5.41) is 7.43. The Morgan fingerprint density at radius 1 is 1.47 bits per heavy atom. The van der Waals surface area contributed by atoms with Gasteiger partial charge in [0.05, 0.1) is 12.3 Å². The number of fused-ring (bicyclic) bond motifs is 1. The number of aromatic nitrogens is 3. The van der Waals surface area contributed by atoms with Crippen LogP contribution in [-0.4, -0.2) is 33.9 Å². The van der Waals surface area contributed by atoms with Crippen LogP contribution < -0.4 is 5.32 Å². The van der Waals surface area contributed by atoms with Gasteiger partial charge in [-0.2, -0.15) is 5.10 Å². The Kier molecular flexibility index (Phi) is 2.92. The Morgan fingerprint density at radius 3 is 3.35 bits per heavy atom. The van der Waals surface area contributed by atoms with Gasteiger partial charge in [0, 0.05) is 25.4 Å². The van der Waals surface area contributed by atoms with Crippen molar-refractivity contribution in [3.05, 3.63) is 24.5 Å². The fourth-order valence-electron chi connectivity index (χ4n) is 2.14. The molecule has 3 heterocycles. The molecule has 0 aromatic carbocycles. The first-order chi connectivity index (χ1) is 8.42. The van der Waals surface area contributed by atoms with Gasteiger partial charge in [-0.1, -0.05) is 0 Å². The number of anilines is 1. The standard InChI is InChI=1S/C12H16N4O/c1-2-10(17-9-1)3-6-13-11-5-8-16-12(15-11)4-7-14-16/h4-5,7-8,10H,1-3,6,9H2,(H,13,15). The Balaban J connectivity index is 1.56. The van der Waals surface area contributed by atoms with Gasteiger partial charge < -0.3 is 10.1 Å². The van der Waals surface area contributed by atoms with E-state index in [4.69, 9.17) is 4.74 Å². The largest absolute Gasteiger partial charge is 0.378 e. The van der Waals surface area contributed by atoms with E-state index in [0.29, 0.717) is 6.10 Å². The van der Waals surface area contributed by atoms with Crippen LogP contribution in [0.1, 0.15) is 19.3 Å². The summed E-state index contributed by atoms with van der Waals surface area (Å²) in [6, 6.07) is 3.83. The molecular weight excluding hydrogens is 216 g/mol. The second kappa shape index (κ2) is 4.71. The summed E-state index contributed by atoms with van der Waals surface area (Å²) in [6.45, 7) is 1.83. The van der Waals surface area contributed by atoms with E-state index in [9.17, 15) is 0 Å². The average molecular weight is 232 g/mol. The van der Waals surface area contributed by atoms with Crippen molar-refractivity contribution in [2.24, 2.45) is 0 Å². The lowest BCUT2D eigenvalue weighted by molar-refractivity contribution is 0.107. The van der Waals surface area contributed by atoms with Crippen LogP contribution in [0, 0.1) is 0 Å². The quantitative estimate of drug-likeness (QED) is 0.872. The minimum Gasteiger partial charge on any atom is -0.378 e. The van der Waals surface area contributed by atoms with Crippen LogP contribution >= 0.6 is 0 Å². The van der Waals surface area contributed by atoms with Gasteiger partial charge >= 0.3 is 0 Å². The molecule has 1 aliphatic heterocycles.